The summed E-state index contributed by atoms with van der Waals surface area (Å²) in [5.74, 6) is -1.20. The monoisotopic (exact) mass is 479 g/mol. The molecule has 0 atom stereocenters. The van der Waals surface area contributed by atoms with Gasteiger partial charge in [0.15, 0.2) is 11.5 Å². The van der Waals surface area contributed by atoms with E-state index in [2.05, 4.69) is 15.3 Å². The molecule has 2 aromatic heterocycles. The molecule has 2 aromatic carbocycles. The van der Waals surface area contributed by atoms with Crippen molar-refractivity contribution in [2.24, 2.45) is 0 Å². The quantitative estimate of drug-likeness (QED) is 0.400. The third-order valence-electron chi connectivity index (χ3n) is 5.00. The van der Waals surface area contributed by atoms with Gasteiger partial charge in [-0.05, 0) is 36.4 Å². The number of benzene rings is 2. The van der Waals surface area contributed by atoms with Crippen molar-refractivity contribution in [3.63, 3.8) is 0 Å². The Kier molecular flexibility index (Phi) is 6.55. The van der Waals surface area contributed by atoms with Crippen LogP contribution in [0.4, 0.5) is 0 Å². The Balaban J connectivity index is 1.83. The van der Waals surface area contributed by atoms with E-state index in [4.69, 9.17) is 25.5 Å². The summed E-state index contributed by atoms with van der Waals surface area (Å²) in [5, 5.41) is 2.99. The highest BCUT2D eigenvalue weighted by Gasteiger charge is 2.27. The minimum Gasteiger partial charge on any atom is -0.493 e. The lowest BCUT2D eigenvalue weighted by atomic mass is 9.99. The molecule has 0 saturated carbocycles. The SMILES string of the molecule is COc1ccc(C(=O)c2c(C(=O)NCc3cncnc3)oc3ccc(Cl)cc3c2=O)cc1OC. The summed E-state index contributed by atoms with van der Waals surface area (Å²) >= 11 is 6.05. The average molecular weight is 480 g/mol. The van der Waals surface area contributed by atoms with Gasteiger partial charge in [0.25, 0.3) is 5.91 Å². The Morgan fingerprint density at radius 1 is 1.03 bits per heavy atom. The third kappa shape index (κ3) is 4.46. The summed E-state index contributed by atoms with van der Waals surface area (Å²) in [4.78, 5) is 47.7. The minimum absolute atomic E-state index is 0.0615. The molecule has 9 nitrogen and oxygen atoms in total. The molecule has 0 unspecified atom stereocenters. The van der Waals surface area contributed by atoms with Crippen LogP contribution < -0.4 is 20.2 Å². The van der Waals surface area contributed by atoms with Gasteiger partial charge >= 0.3 is 0 Å². The van der Waals surface area contributed by atoms with E-state index in [1.54, 1.807) is 0 Å². The van der Waals surface area contributed by atoms with Crippen LogP contribution in [-0.4, -0.2) is 35.9 Å². The molecule has 1 N–H and O–H groups in total. The van der Waals surface area contributed by atoms with Crippen molar-refractivity contribution >= 4 is 34.3 Å². The second kappa shape index (κ2) is 9.72. The van der Waals surface area contributed by atoms with Crippen LogP contribution in [-0.2, 0) is 6.54 Å². The first-order valence-corrected chi connectivity index (χ1v) is 10.4. The van der Waals surface area contributed by atoms with Crippen LogP contribution in [0.2, 0.25) is 5.02 Å². The van der Waals surface area contributed by atoms with E-state index in [1.807, 2.05) is 0 Å². The van der Waals surface area contributed by atoms with Gasteiger partial charge in [0.2, 0.25) is 17.0 Å². The van der Waals surface area contributed by atoms with Crippen LogP contribution in [0.25, 0.3) is 11.0 Å². The largest absolute Gasteiger partial charge is 0.493 e. The van der Waals surface area contributed by atoms with Crippen molar-refractivity contribution in [2.45, 2.75) is 6.54 Å². The highest BCUT2D eigenvalue weighted by atomic mass is 35.5. The zero-order chi connectivity index (χ0) is 24.2. The zero-order valence-corrected chi connectivity index (χ0v) is 18.9. The molecule has 0 bridgehead atoms. The number of amides is 1. The average Bonchev–Trinajstić information content (AvgIpc) is 2.87. The molecule has 0 spiro atoms. The maximum Gasteiger partial charge on any atom is 0.288 e. The highest BCUT2D eigenvalue weighted by Crippen LogP contribution is 2.29. The molecule has 34 heavy (non-hydrogen) atoms. The van der Waals surface area contributed by atoms with E-state index in [-0.39, 0.29) is 33.8 Å². The maximum absolute atomic E-state index is 13.5. The first kappa shape index (κ1) is 22.9. The fraction of sp³-hybridized carbons (Fsp3) is 0.125. The third-order valence-corrected chi connectivity index (χ3v) is 5.23. The van der Waals surface area contributed by atoms with E-state index < -0.39 is 28.4 Å². The van der Waals surface area contributed by atoms with Crippen molar-refractivity contribution in [3.05, 3.63) is 92.8 Å². The maximum atomic E-state index is 13.5. The van der Waals surface area contributed by atoms with Crippen LogP contribution in [0.3, 0.4) is 0 Å². The molecule has 1 amide bonds. The van der Waals surface area contributed by atoms with Crippen LogP contribution >= 0.6 is 11.6 Å². The number of fused-ring (bicyclic) bond motifs is 1. The van der Waals surface area contributed by atoms with Gasteiger partial charge in [0.1, 0.15) is 17.5 Å². The van der Waals surface area contributed by atoms with Gasteiger partial charge in [-0.25, -0.2) is 9.97 Å². The Bertz CT molecular complexity index is 1450. The minimum atomic E-state index is -0.748. The summed E-state index contributed by atoms with van der Waals surface area (Å²) in [5.41, 5.74) is -0.262. The van der Waals surface area contributed by atoms with Gasteiger partial charge < -0.3 is 19.2 Å². The van der Waals surface area contributed by atoms with E-state index >= 15 is 0 Å². The number of methoxy groups -OCH3 is 2. The van der Waals surface area contributed by atoms with Gasteiger partial charge in [0, 0.05) is 35.1 Å². The normalized spacial score (nSPS) is 10.7. The molecule has 0 radical (unpaired) electrons. The van der Waals surface area contributed by atoms with Crippen molar-refractivity contribution < 1.29 is 23.5 Å². The Morgan fingerprint density at radius 3 is 2.47 bits per heavy atom. The Morgan fingerprint density at radius 2 is 1.76 bits per heavy atom. The van der Waals surface area contributed by atoms with Gasteiger partial charge in [0.05, 0.1) is 19.6 Å². The van der Waals surface area contributed by atoms with Crippen LogP contribution in [0.5, 0.6) is 11.5 Å². The lowest BCUT2D eigenvalue weighted by Gasteiger charge is -2.12. The van der Waals surface area contributed by atoms with Crippen molar-refractivity contribution in [1.82, 2.24) is 15.3 Å². The van der Waals surface area contributed by atoms with E-state index in [1.165, 1.54) is 69.3 Å². The van der Waals surface area contributed by atoms with Crippen molar-refractivity contribution in [3.8, 4) is 11.5 Å². The number of aromatic nitrogens is 2. The second-order valence-corrected chi connectivity index (χ2v) is 7.54. The summed E-state index contributed by atoms with van der Waals surface area (Å²) in [6.07, 6.45) is 4.42. The first-order valence-electron chi connectivity index (χ1n) is 9.98. The van der Waals surface area contributed by atoms with Crippen molar-refractivity contribution in [2.75, 3.05) is 14.2 Å². The predicted octanol–water partition coefficient (Wildman–Crippen LogP) is 3.41. The van der Waals surface area contributed by atoms with Crippen LogP contribution in [0.15, 0.2) is 64.3 Å². The molecule has 0 aliphatic carbocycles. The van der Waals surface area contributed by atoms with E-state index in [9.17, 15) is 14.4 Å². The molecular formula is C24H18ClN3O6. The number of hydrogen-bond donors (Lipinski definition) is 1. The highest BCUT2D eigenvalue weighted by molar-refractivity contribution is 6.31. The summed E-state index contributed by atoms with van der Waals surface area (Å²) in [6, 6.07) is 8.79. The van der Waals surface area contributed by atoms with Gasteiger partial charge in [-0.2, -0.15) is 0 Å². The van der Waals surface area contributed by atoms with Gasteiger partial charge in [-0.15, -0.1) is 0 Å². The number of rotatable bonds is 7. The zero-order valence-electron chi connectivity index (χ0n) is 18.1. The number of nitrogens with zero attached hydrogens (tertiary/aromatic N) is 2. The second-order valence-electron chi connectivity index (χ2n) is 7.10. The number of hydrogen-bond acceptors (Lipinski definition) is 8. The van der Waals surface area contributed by atoms with E-state index in [0.29, 0.717) is 11.3 Å². The number of carbonyl (C=O) groups excluding carboxylic acids is 2. The Hall–Kier alpha value is -4.24. The lowest BCUT2D eigenvalue weighted by Crippen LogP contribution is -2.29. The molecule has 0 fully saturated rings. The van der Waals surface area contributed by atoms with E-state index in [0.717, 1.165) is 0 Å². The lowest BCUT2D eigenvalue weighted by molar-refractivity contribution is 0.0910. The standard InChI is InChI=1S/C24H18ClN3O6/c1-32-18-5-3-14(7-19(18)33-2)21(29)20-22(30)16-8-15(25)4-6-17(16)34-23(20)24(31)28-11-13-9-26-12-27-10-13/h3-10,12H,11H2,1-2H3,(H,28,31). The molecule has 0 aliphatic rings. The molecular weight excluding hydrogens is 462 g/mol. The molecule has 0 saturated heterocycles. The van der Waals surface area contributed by atoms with Crippen LogP contribution in [0.1, 0.15) is 32.0 Å². The summed E-state index contributed by atoms with van der Waals surface area (Å²) in [7, 11) is 2.88. The number of halogens is 1. The summed E-state index contributed by atoms with van der Waals surface area (Å²) in [6.45, 7) is 0.0615. The molecule has 172 valence electrons. The van der Waals surface area contributed by atoms with Crippen molar-refractivity contribution in [1.29, 1.82) is 0 Å². The number of ketones is 1. The van der Waals surface area contributed by atoms with Crippen LogP contribution in [0, 0.1) is 0 Å². The molecule has 4 rings (SSSR count). The predicted molar refractivity (Wildman–Crippen MR) is 124 cm³/mol. The first-order chi connectivity index (χ1) is 16.4. The van der Waals surface area contributed by atoms with Gasteiger partial charge in [-0.3, -0.25) is 14.4 Å². The smallest absolute Gasteiger partial charge is 0.288 e. The van der Waals surface area contributed by atoms with Gasteiger partial charge in [-0.1, -0.05) is 11.6 Å². The fourth-order valence-corrected chi connectivity index (χ4v) is 3.51. The Labute approximate surface area is 198 Å². The molecule has 10 heteroatoms. The number of ether oxygens (including phenoxy) is 2. The number of carbonyl (C=O) groups is 2. The summed E-state index contributed by atoms with van der Waals surface area (Å²) < 4.78 is 16.2. The molecule has 0 aliphatic heterocycles. The molecule has 4 aromatic rings. The topological polar surface area (TPSA) is 121 Å². The fourth-order valence-electron chi connectivity index (χ4n) is 3.34. The number of nitrogens with one attached hydrogen (secondary N) is 1. The molecule has 2 heterocycles.